The second-order valence-corrected chi connectivity index (χ2v) is 38.1. The topological polar surface area (TPSA) is 42.6 Å². The van der Waals surface area contributed by atoms with Gasteiger partial charge in [0.1, 0.15) is 16.7 Å². The van der Waals surface area contributed by atoms with Gasteiger partial charge in [-0.15, -0.1) is 0 Å². The first-order chi connectivity index (χ1) is 69.7. The first-order valence-corrected chi connectivity index (χ1v) is 48.6. The highest BCUT2D eigenvalue weighted by Gasteiger charge is 2.36. The lowest BCUT2D eigenvalue weighted by Crippen LogP contribution is -2.14. The Morgan fingerprint density at radius 3 is 0.972 bits per heavy atom. The molecule has 1 aliphatic carbocycles. The Labute approximate surface area is 821 Å². The van der Waals surface area contributed by atoms with Crippen LogP contribution in [0.5, 0.6) is 0 Å². The van der Waals surface area contributed by atoms with Gasteiger partial charge < -0.3 is 27.8 Å². The molecule has 0 saturated heterocycles. The molecule has 0 amide bonds. The second-order valence-electron chi connectivity index (χ2n) is 38.1. The maximum Gasteiger partial charge on any atom is 0.159 e. The molecule has 0 spiro atoms. The van der Waals surface area contributed by atoms with E-state index in [1.54, 1.807) is 0 Å². The molecule has 28 aromatic rings. The fourth-order valence-electron chi connectivity index (χ4n) is 23.2. The summed E-state index contributed by atoms with van der Waals surface area (Å²) < 4.78 is 17.8. The van der Waals surface area contributed by atoms with Gasteiger partial charge in [0.2, 0.25) is 0 Å². The van der Waals surface area contributed by atoms with Gasteiger partial charge in [-0.2, -0.15) is 0 Å². The molecule has 0 N–H and O–H groups in total. The minimum atomic E-state index is -0.0742. The molecule has 6 nitrogen and oxygen atoms in total. The highest BCUT2D eigenvalue weighted by molar-refractivity contribution is 6.28. The van der Waals surface area contributed by atoms with Crippen LogP contribution in [0.15, 0.2) is 506 Å². The molecule has 0 radical (unpaired) electrons. The molecule has 0 saturated carbocycles. The largest absolute Gasteiger partial charge is 0.456 e. The minimum absolute atomic E-state index is 0. The van der Waals surface area contributed by atoms with Crippen LogP contribution in [0, 0.1) is 0 Å². The van der Waals surface area contributed by atoms with Crippen LogP contribution in [0.2, 0.25) is 0 Å². The highest BCUT2D eigenvalue weighted by atomic mass is 16.3. The van der Waals surface area contributed by atoms with Crippen LogP contribution >= 0.6 is 0 Å². The van der Waals surface area contributed by atoms with Gasteiger partial charge in [0.15, 0.2) is 5.58 Å². The lowest BCUT2D eigenvalue weighted by Gasteiger charge is -2.26. The smallest absolute Gasteiger partial charge is 0.159 e. The lowest BCUT2D eigenvalue weighted by molar-refractivity contribution is 0.660. The van der Waals surface area contributed by atoms with Crippen molar-refractivity contribution >= 4 is 186 Å². The Kier molecular flexibility index (Phi) is 19.4. The zero-order valence-electron chi connectivity index (χ0n) is 77.4. The summed E-state index contributed by atoms with van der Waals surface area (Å²) in [5.74, 6) is 0. The molecule has 0 aliphatic heterocycles. The fraction of sp³-hybridized carbons (Fsp3) is 0.0294. The number of aromatic nitrogens is 2. The van der Waals surface area contributed by atoms with Crippen molar-refractivity contribution in [1.29, 1.82) is 0 Å². The number of hydrogen-bond donors (Lipinski definition) is 0. The molecule has 0 unspecified atom stereocenters. The first kappa shape index (κ1) is 83.0. The van der Waals surface area contributed by atoms with Gasteiger partial charge in [-0.3, -0.25) is 0 Å². The number of rotatable bonds is 13. The summed E-state index contributed by atoms with van der Waals surface area (Å²) in [6, 6.07) is 182. The monoisotopic (exact) mass is 1810 g/mol. The van der Waals surface area contributed by atoms with Gasteiger partial charge in [-0.05, 0) is 312 Å². The van der Waals surface area contributed by atoms with E-state index in [2.05, 4.69) is 512 Å². The molecule has 29 rings (SSSR count). The van der Waals surface area contributed by atoms with Crippen LogP contribution in [0.25, 0.3) is 230 Å². The third kappa shape index (κ3) is 13.5. The van der Waals surface area contributed by atoms with Gasteiger partial charge in [0.25, 0.3) is 0 Å². The van der Waals surface area contributed by atoms with Gasteiger partial charge in [-0.1, -0.05) is 349 Å². The van der Waals surface area contributed by atoms with Gasteiger partial charge in [0.05, 0.1) is 27.8 Å². The molecule has 24 aromatic carbocycles. The average molecular weight is 1810 g/mol. The van der Waals surface area contributed by atoms with Crippen molar-refractivity contribution in [1.82, 2.24) is 9.13 Å². The predicted molar refractivity (Wildman–Crippen MR) is 602 cm³/mol. The molecule has 4 aromatic heterocycles. The van der Waals surface area contributed by atoms with E-state index in [1.165, 1.54) is 175 Å². The average Bonchev–Trinajstić information content (AvgIpc) is 1.45. The van der Waals surface area contributed by atoms with E-state index in [-0.39, 0.29) is 12.8 Å². The zero-order chi connectivity index (χ0) is 93.1. The normalized spacial score (nSPS) is 12.3. The molecule has 4 heterocycles. The quantitative estimate of drug-likeness (QED) is 0.108. The van der Waals surface area contributed by atoms with Gasteiger partial charge in [-0.25, -0.2) is 0 Å². The van der Waals surface area contributed by atoms with Crippen LogP contribution in [-0.4, -0.2) is 9.13 Å². The Balaban J connectivity index is 0.000000144. The number of hydrogen-bond acceptors (Lipinski definition) is 4. The zero-order valence-corrected chi connectivity index (χ0v) is 77.4. The van der Waals surface area contributed by atoms with E-state index >= 15 is 0 Å². The molecule has 0 atom stereocenters. The van der Waals surface area contributed by atoms with Crippen molar-refractivity contribution in [2.24, 2.45) is 0 Å². The summed E-state index contributed by atoms with van der Waals surface area (Å²) in [5.41, 5.74) is 34.1. The second kappa shape index (κ2) is 33.2. The van der Waals surface area contributed by atoms with E-state index in [0.717, 1.165) is 101 Å². The summed E-state index contributed by atoms with van der Waals surface area (Å²) in [7, 11) is 0. The minimum Gasteiger partial charge on any atom is -0.456 e. The summed E-state index contributed by atoms with van der Waals surface area (Å²) in [6.07, 6.45) is 0. The van der Waals surface area contributed by atoms with Gasteiger partial charge >= 0.3 is 0 Å². The van der Waals surface area contributed by atoms with Crippen LogP contribution < -0.4 is 9.80 Å². The number of nitrogens with zero attached hydrogens (tertiary/aromatic N) is 4. The summed E-state index contributed by atoms with van der Waals surface area (Å²) in [4.78, 5) is 4.70. The van der Waals surface area contributed by atoms with E-state index in [1.807, 2.05) is 18.2 Å². The molecule has 6 heteroatoms. The molecular formula is C136H92N4O2. The maximum atomic E-state index is 6.67. The Hall–Kier alpha value is -18.4. The third-order valence-electron chi connectivity index (χ3n) is 29.9. The first-order valence-electron chi connectivity index (χ1n) is 48.6. The Morgan fingerprint density at radius 2 is 0.493 bits per heavy atom. The number of furan rings is 2. The van der Waals surface area contributed by atoms with Crippen molar-refractivity contribution < 1.29 is 8.83 Å². The highest BCUT2D eigenvalue weighted by Crippen LogP contribution is 2.53. The van der Waals surface area contributed by atoms with E-state index < -0.39 is 0 Å². The van der Waals surface area contributed by atoms with E-state index in [0.29, 0.717) is 0 Å². The lowest BCUT2D eigenvalue weighted by atomic mass is 9.81. The number of para-hydroxylation sites is 6. The van der Waals surface area contributed by atoms with Crippen molar-refractivity contribution in [3.05, 3.63) is 509 Å². The molecule has 0 bridgehead atoms. The van der Waals surface area contributed by atoms with Crippen LogP contribution in [0.3, 0.4) is 0 Å². The van der Waals surface area contributed by atoms with Crippen LogP contribution in [0.4, 0.5) is 34.1 Å². The number of anilines is 6. The number of fused-ring (bicyclic) bond motifs is 27. The molecule has 0 fully saturated rings. The number of benzene rings is 24. The summed E-state index contributed by atoms with van der Waals surface area (Å²) in [6.45, 7) is 4.72. The Morgan fingerprint density at radius 1 is 0.183 bits per heavy atom. The molecule has 1 aliphatic rings. The third-order valence-corrected chi connectivity index (χ3v) is 29.9. The standard InChI is InChI=1S/C75H50N2O.C60H38N2O.CH4/c1-75(2)69-22-12-10-20-62(69)63-38-29-52(45-70(63)75)51-31-40-72-67(44-51)66-43-50(30-39-71(66)77(72)53-14-4-3-5-15-53)48-26-34-55(35-27-48)76(56-36-41-74-68(46-56)64-21-11-13-23-73(64)78-74)54-32-24-47(25-33-54)49-28-37-61-59-18-7-6-16-57(59)58-17-8-9-19-60(58)65(61)42-49;1-2-13-43(14-3-1)62-56-22-10-8-19-51(56)55-38-42(30-36-57(55)62)40-27-33-45(34-28-40)61(58-23-12-21-53-52-20-9-11-24-59(52)63-60(53)58)44-31-25-39(26-32-44)41-29-35-50-48-17-5-4-15-46(48)47-16-6-7-18-49(47)54(50)37-41;/h3-46H,1-2H3;1-38H;1H4. The van der Waals surface area contributed by atoms with Crippen molar-refractivity contribution in [3.63, 3.8) is 0 Å². The van der Waals surface area contributed by atoms with Crippen LogP contribution in [-0.2, 0) is 5.41 Å². The van der Waals surface area contributed by atoms with E-state index in [4.69, 9.17) is 8.83 Å². The van der Waals surface area contributed by atoms with Crippen molar-refractivity contribution in [2.75, 3.05) is 9.80 Å². The molecular weight excluding hydrogens is 1720 g/mol. The fourth-order valence-corrected chi connectivity index (χ4v) is 23.2. The van der Waals surface area contributed by atoms with Crippen molar-refractivity contribution in [3.8, 4) is 78.1 Å². The molecule has 142 heavy (non-hydrogen) atoms. The van der Waals surface area contributed by atoms with E-state index in [9.17, 15) is 0 Å². The van der Waals surface area contributed by atoms with Gasteiger partial charge in [0, 0.05) is 88.3 Å². The predicted octanol–water partition coefficient (Wildman–Crippen LogP) is 38.5. The maximum absolute atomic E-state index is 6.67. The molecule has 668 valence electrons. The summed E-state index contributed by atoms with van der Waals surface area (Å²) in [5, 5.41) is 24.7. The summed E-state index contributed by atoms with van der Waals surface area (Å²) >= 11 is 0. The van der Waals surface area contributed by atoms with Crippen molar-refractivity contribution in [2.45, 2.75) is 26.7 Å². The Bertz CT molecular complexity index is 9890. The SMILES string of the molecule is C.CC1(C)c2ccccc2-c2ccc(-c3ccc4c(c3)c3cc(-c5ccc(N(c6ccc(-c7ccc8c9ccccc9c9ccccc9c8c7)cc6)c6ccc7oc8ccccc8c7c6)cc5)ccc3n4-c3ccccc3)cc21.c1ccc(-n2c3ccccc3c3cc(-c4ccc(N(c5ccc(-c6ccc7c8ccccc8c8ccccc8c7c6)cc5)c5cccc6c5oc5ccccc56)cc4)ccc32)cc1. The van der Waals surface area contributed by atoms with Crippen LogP contribution in [0.1, 0.15) is 32.4 Å².